The Labute approximate surface area is 172 Å². The molecule has 17 heteroatoms. The second-order valence-electron chi connectivity index (χ2n) is 4.75. The number of nitriles is 2. The quantitative estimate of drug-likeness (QED) is 0.211. The van der Waals surface area contributed by atoms with Crippen LogP contribution in [0.1, 0.15) is 11.1 Å². The number of nitro groups is 2. The first-order valence-corrected chi connectivity index (χ1v) is 8.45. The molecule has 0 aliphatic heterocycles. The zero-order chi connectivity index (χ0) is 24.2. The van der Waals surface area contributed by atoms with Crippen LogP contribution >= 0.6 is 0 Å². The Morgan fingerprint density at radius 3 is 1.26 bits per heavy atom. The molecule has 0 heterocycles. The summed E-state index contributed by atoms with van der Waals surface area (Å²) >= 11 is 0. The molecule has 0 aromatic heterocycles. The largest absolute Gasteiger partial charge is 0.759 e. The third-order valence-corrected chi connectivity index (χ3v) is 2.84. The molecule has 0 fully saturated rings. The lowest BCUT2D eigenvalue weighted by Gasteiger charge is -2.06. The predicted molar refractivity (Wildman–Crippen MR) is 95.6 cm³/mol. The zero-order valence-corrected chi connectivity index (χ0v) is 15.5. The topological polar surface area (TPSA) is 270 Å². The SMILES string of the molecule is N#Cc1cc([N+](=O)[O-])ccc1[N+]#N.N#Cc1cc([N+](=O)[O-])ccc1[N+]#N.O=S(=O)([O-])[O-]. The van der Waals surface area contributed by atoms with E-state index in [4.69, 9.17) is 38.8 Å². The van der Waals surface area contributed by atoms with Gasteiger partial charge in [-0.05, 0) is 0 Å². The average Bonchev–Trinajstić information content (AvgIpc) is 2.71. The molecule has 0 spiro atoms. The highest BCUT2D eigenvalue weighted by Crippen LogP contribution is 2.24. The molecule has 2 aromatic rings. The minimum atomic E-state index is -5.17. The van der Waals surface area contributed by atoms with Crippen molar-refractivity contribution >= 4 is 33.1 Å². The van der Waals surface area contributed by atoms with E-state index in [0.29, 0.717) is 0 Å². The van der Waals surface area contributed by atoms with E-state index in [-0.39, 0.29) is 33.9 Å². The maximum Gasteiger partial charge on any atom is 0.403 e. The van der Waals surface area contributed by atoms with Gasteiger partial charge in [0.15, 0.2) is 21.1 Å². The van der Waals surface area contributed by atoms with Gasteiger partial charge in [0.1, 0.15) is 12.1 Å². The summed E-state index contributed by atoms with van der Waals surface area (Å²) < 4.78 is 34.1. The summed E-state index contributed by atoms with van der Waals surface area (Å²) in [6.07, 6.45) is 0. The number of hydrogen-bond acceptors (Lipinski definition) is 12. The zero-order valence-electron chi connectivity index (χ0n) is 14.7. The first-order valence-electron chi connectivity index (χ1n) is 7.11. The Morgan fingerprint density at radius 1 is 0.774 bits per heavy atom. The fourth-order valence-electron chi connectivity index (χ4n) is 1.63. The van der Waals surface area contributed by atoms with Crippen molar-refractivity contribution < 1.29 is 27.4 Å². The number of nitrogens with zero attached hydrogens (tertiary/aromatic N) is 8. The number of non-ortho nitro benzene ring substituents is 2. The molecular weight excluding hydrogens is 440 g/mol. The molecule has 0 aliphatic rings. The van der Waals surface area contributed by atoms with Crippen LogP contribution in [0.15, 0.2) is 36.4 Å². The van der Waals surface area contributed by atoms with Crippen LogP contribution in [-0.4, -0.2) is 27.4 Å². The molecule has 0 radical (unpaired) electrons. The highest BCUT2D eigenvalue weighted by Gasteiger charge is 2.18. The van der Waals surface area contributed by atoms with Crippen LogP contribution in [-0.2, 0) is 10.4 Å². The first kappa shape index (κ1) is 25.9. The van der Waals surface area contributed by atoms with E-state index in [1.54, 1.807) is 12.1 Å². The minimum absolute atomic E-state index is 0.0214. The maximum atomic E-state index is 10.3. The first-order chi connectivity index (χ1) is 14.4. The summed E-state index contributed by atoms with van der Waals surface area (Å²) in [5.74, 6) is 0. The molecule has 0 saturated heterocycles. The highest BCUT2D eigenvalue weighted by atomic mass is 32.3. The van der Waals surface area contributed by atoms with Gasteiger partial charge >= 0.3 is 11.4 Å². The van der Waals surface area contributed by atoms with Crippen LogP contribution in [0.5, 0.6) is 0 Å². The van der Waals surface area contributed by atoms with Crippen molar-refractivity contribution in [2.75, 3.05) is 0 Å². The fraction of sp³-hybridized carbons (Fsp3) is 0. The Balaban J connectivity index is 0.000000479. The lowest BCUT2D eigenvalue weighted by Crippen LogP contribution is -1.91. The van der Waals surface area contributed by atoms with Crippen LogP contribution in [0.25, 0.3) is 9.95 Å². The lowest BCUT2D eigenvalue weighted by molar-refractivity contribution is -0.385. The van der Waals surface area contributed by atoms with Crippen LogP contribution in [0.3, 0.4) is 0 Å². The second kappa shape index (κ2) is 11.7. The molecule has 0 unspecified atom stereocenters. The van der Waals surface area contributed by atoms with Crippen molar-refractivity contribution in [3.63, 3.8) is 0 Å². The lowest BCUT2D eigenvalue weighted by atomic mass is 10.2. The summed E-state index contributed by atoms with van der Waals surface area (Å²) in [7, 11) is -5.17. The number of diazo groups is 2. The molecule has 0 saturated carbocycles. The summed E-state index contributed by atoms with van der Waals surface area (Å²) in [5, 5.41) is 54.3. The third-order valence-electron chi connectivity index (χ3n) is 2.84. The Morgan fingerprint density at radius 2 is 1.06 bits per heavy atom. The van der Waals surface area contributed by atoms with Crippen LogP contribution < -0.4 is 0 Å². The van der Waals surface area contributed by atoms with Crippen molar-refractivity contribution in [3.8, 4) is 12.1 Å². The highest BCUT2D eigenvalue weighted by molar-refractivity contribution is 7.79. The van der Waals surface area contributed by atoms with E-state index in [1.165, 1.54) is 12.1 Å². The predicted octanol–water partition coefficient (Wildman–Crippen LogP) is 2.56. The fourth-order valence-corrected chi connectivity index (χ4v) is 1.63. The van der Waals surface area contributed by atoms with E-state index in [2.05, 4.69) is 9.95 Å². The van der Waals surface area contributed by atoms with Crippen molar-refractivity contribution in [2.24, 2.45) is 0 Å². The normalized spacial score (nSPS) is 8.97. The van der Waals surface area contributed by atoms with Crippen molar-refractivity contribution in [2.45, 2.75) is 0 Å². The summed E-state index contributed by atoms with van der Waals surface area (Å²) in [6, 6.07) is 10.2. The molecule has 2 aromatic carbocycles. The molecule has 0 bridgehead atoms. The summed E-state index contributed by atoms with van der Waals surface area (Å²) in [5.41, 5.74) is -0.428. The van der Waals surface area contributed by atoms with E-state index in [1.807, 2.05) is 0 Å². The molecule has 2 rings (SSSR count). The van der Waals surface area contributed by atoms with Crippen LogP contribution in [0.4, 0.5) is 22.7 Å². The molecule has 16 nitrogen and oxygen atoms in total. The monoisotopic (exact) mass is 446 g/mol. The van der Waals surface area contributed by atoms with Gasteiger partial charge in [-0.3, -0.25) is 28.6 Å². The van der Waals surface area contributed by atoms with Gasteiger partial charge in [0.25, 0.3) is 11.4 Å². The van der Waals surface area contributed by atoms with Gasteiger partial charge in [0.2, 0.25) is 10.8 Å². The molecule has 156 valence electrons. The van der Waals surface area contributed by atoms with Gasteiger partial charge in [-0.25, -0.2) is 0 Å². The van der Waals surface area contributed by atoms with E-state index >= 15 is 0 Å². The Hall–Kier alpha value is -5.07. The number of benzene rings is 2. The second-order valence-corrected chi connectivity index (χ2v) is 5.57. The molecule has 0 N–H and O–H groups in total. The van der Waals surface area contributed by atoms with E-state index in [0.717, 1.165) is 24.3 Å². The standard InChI is InChI=1S/2C7H3N4O2.H2O4S/c2*8-4-5-3-6(11(12)13)1-2-7(5)10-9;1-5(2,3)4/h2*1-3H;(H2,1,2,3,4)/q2*+1;/p-2. The number of rotatable bonds is 2. The average molecular weight is 446 g/mol. The third kappa shape index (κ3) is 9.61. The summed E-state index contributed by atoms with van der Waals surface area (Å²) in [4.78, 5) is 24.9. The van der Waals surface area contributed by atoms with Gasteiger partial charge in [-0.2, -0.15) is 10.5 Å². The smallest absolute Gasteiger partial charge is 0.403 e. The van der Waals surface area contributed by atoms with E-state index in [9.17, 15) is 20.2 Å². The number of nitro benzene ring substituents is 2. The van der Waals surface area contributed by atoms with Crippen molar-refractivity contribution in [1.82, 2.24) is 0 Å². The molecule has 31 heavy (non-hydrogen) atoms. The van der Waals surface area contributed by atoms with Crippen LogP contribution in [0.2, 0.25) is 0 Å². The number of hydrogen-bond donors (Lipinski definition) is 0. The summed E-state index contributed by atoms with van der Waals surface area (Å²) in [6.45, 7) is 0. The Bertz CT molecular complexity index is 1190. The van der Waals surface area contributed by atoms with Gasteiger partial charge in [0, 0.05) is 46.8 Å². The molecule has 0 aliphatic carbocycles. The van der Waals surface area contributed by atoms with Crippen molar-refractivity contribution in [3.05, 3.63) is 77.7 Å². The molecular formula is C14H6N8O8S. The molecule has 0 atom stereocenters. The molecule has 0 amide bonds. The van der Waals surface area contributed by atoms with Crippen molar-refractivity contribution in [1.29, 1.82) is 21.3 Å². The van der Waals surface area contributed by atoms with Gasteiger partial charge < -0.3 is 9.11 Å². The van der Waals surface area contributed by atoms with Gasteiger partial charge in [0.05, 0.1) is 9.85 Å². The van der Waals surface area contributed by atoms with E-state index < -0.39 is 20.2 Å². The Kier molecular flexibility index (Phi) is 9.79. The maximum absolute atomic E-state index is 10.3. The van der Waals surface area contributed by atoms with Gasteiger partial charge in [-0.15, -0.1) is 0 Å². The minimum Gasteiger partial charge on any atom is -0.759 e. The van der Waals surface area contributed by atoms with Crippen LogP contribution in [0, 0.1) is 53.7 Å². The van der Waals surface area contributed by atoms with Gasteiger partial charge in [-0.1, -0.05) is 0 Å².